The Labute approximate surface area is 162 Å². The van der Waals surface area contributed by atoms with Crippen LogP contribution in [-0.4, -0.2) is 41.5 Å². The SMILES string of the molecule is CC(O)c1cc(-c2cnc3c(N)ncnn23)cc2c1C(=O)N(C(C)C1CC1)C2. The Balaban J connectivity index is 1.64. The fraction of sp³-hybridized carbons (Fsp3) is 0.400. The normalized spacial score (nSPS) is 18.5. The van der Waals surface area contributed by atoms with Gasteiger partial charge in [-0.15, -0.1) is 0 Å². The number of aliphatic hydroxyl groups is 1. The molecule has 2 unspecified atom stereocenters. The second-order valence-corrected chi connectivity index (χ2v) is 7.81. The maximum absolute atomic E-state index is 13.1. The van der Waals surface area contributed by atoms with Crippen LogP contribution in [0.15, 0.2) is 24.7 Å². The van der Waals surface area contributed by atoms with E-state index in [1.54, 1.807) is 17.6 Å². The number of aliphatic hydroxyl groups excluding tert-OH is 1. The predicted octanol–water partition coefficient (Wildman–Crippen LogP) is 2.18. The molecule has 144 valence electrons. The molecular weight excluding hydrogens is 356 g/mol. The quantitative estimate of drug-likeness (QED) is 0.720. The summed E-state index contributed by atoms with van der Waals surface area (Å²) >= 11 is 0. The molecule has 1 aliphatic heterocycles. The average Bonchev–Trinajstić information content (AvgIpc) is 3.35. The molecule has 2 aliphatic rings. The molecule has 1 saturated carbocycles. The van der Waals surface area contributed by atoms with Gasteiger partial charge in [0.2, 0.25) is 0 Å². The van der Waals surface area contributed by atoms with E-state index < -0.39 is 6.10 Å². The number of carbonyl (C=O) groups is 1. The van der Waals surface area contributed by atoms with E-state index in [9.17, 15) is 9.90 Å². The van der Waals surface area contributed by atoms with E-state index in [4.69, 9.17) is 5.73 Å². The Bertz CT molecular complexity index is 1100. The number of carbonyl (C=O) groups excluding carboxylic acids is 1. The lowest BCUT2D eigenvalue weighted by Gasteiger charge is -2.24. The van der Waals surface area contributed by atoms with Gasteiger partial charge in [0.1, 0.15) is 6.33 Å². The van der Waals surface area contributed by atoms with Crippen molar-refractivity contribution in [3.63, 3.8) is 0 Å². The lowest BCUT2D eigenvalue weighted by molar-refractivity contribution is 0.0693. The third-order valence-corrected chi connectivity index (χ3v) is 5.94. The van der Waals surface area contributed by atoms with Crippen molar-refractivity contribution in [2.24, 2.45) is 5.92 Å². The Hall–Kier alpha value is -3.00. The molecule has 28 heavy (non-hydrogen) atoms. The number of hydrogen-bond acceptors (Lipinski definition) is 6. The van der Waals surface area contributed by atoms with Gasteiger partial charge < -0.3 is 15.7 Å². The summed E-state index contributed by atoms with van der Waals surface area (Å²) < 4.78 is 1.64. The van der Waals surface area contributed by atoms with Gasteiger partial charge in [-0.25, -0.2) is 14.5 Å². The summed E-state index contributed by atoms with van der Waals surface area (Å²) in [5.74, 6) is 0.908. The number of rotatable bonds is 4. The third kappa shape index (κ3) is 2.48. The number of hydrogen-bond donors (Lipinski definition) is 2. The zero-order chi connectivity index (χ0) is 19.6. The van der Waals surface area contributed by atoms with Crippen LogP contribution in [0.3, 0.4) is 0 Å². The second-order valence-electron chi connectivity index (χ2n) is 7.81. The van der Waals surface area contributed by atoms with Crippen molar-refractivity contribution in [2.75, 3.05) is 5.73 Å². The first-order valence-corrected chi connectivity index (χ1v) is 9.56. The minimum atomic E-state index is -0.757. The van der Waals surface area contributed by atoms with Crippen LogP contribution in [0.5, 0.6) is 0 Å². The second kappa shape index (κ2) is 6.00. The average molecular weight is 378 g/mol. The van der Waals surface area contributed by atoms with Crippen molar-refractivity contribution in [1.29, 1.82) is 0 Å². The summed E-state index contributed by atoms with van der Waals surface area (Å²) in [6, 6.07) is 4.07. The summed E-state index contributed by atoms with van der Waals surface area (Å²) in [6.45, 7) is 4.37. The molecule has 1 aliphatic carbocycles. The first-order chi connectivity index (χ1) is 13.5. The van der Waals surface area contributed by atoms with E-state index in [-0.39, 0.29) is 11.9 Å². The Kier molecular flexibility index (Phi) is 3.67. The Morgan fingerprint density at radius 3 is 2.75 bits per heavy atom. The number of anilines is 1. The molecule has 1 amide bonds. The molecule has 1 aromatic carbocycles. The molecule has 0 spiro atoms. The van der Waals surface area contributed by atoms with Crippen molar-refractivity contribution in [3.05, 3.63) is 41.3 Å². The molecule has 2 atom stereocenters. The number of amides is 1. The molecule has 1 fully saturated rings. The Morgan fingerprint density at radius 2 is 2.04 bits per heavy atom. The minimum absolute atomic E-state index is 0.0153. The largest absolute Gasteiger partial charge is 0.389 e. The minimum Gasteiger partial charge on any atom is -0.389 e. The smallest absolute Gasteiger partial charge is 0.255 e. The van der Waals surface area contributed by atoms with Gasteiger partial charge in [-0.1, -0.05) is 0 Å². The highest BCUT2D eigenvalue weighted by atomic mass is 16.3. The van der Waals surface area contributed by atoms with Gasteiger partial charge in [-0.3, -0.25) is 4.79 Å². The lowest BCUT2D eigenvalue weighted by atomic mass is 9.95. The number of nitrogens with two attached hydrogens (primary N) is 1. The van der Waals surface area contributed by atoms with Crippen molar-refractivity contribution in [3.8, 4) is 11.3 Å². The van der Waals surface area contributed by atoms with Crippen molar-refractivity contribution >= 4 is 17.4 Å². The summed E-state index contributed by atoms with van der Waals surface area (Å²) in [7, 11) is 0. The van der Waals surface area contributed by atoms with Crippen LogP contribution in [0.2, 0.25) is 0 Å². The van der Waals surface area contributed by atoms with Crippen molar-refractivity contribution < 1.29 is 9.90 Å². The predicted molar refractivity (Wildman–Crippen MR) is 103 cm³/mol. The molecule has 5 rings (SSSR count). The molecule has 2 aromatic heterocycles. The maximum atomic E-state index is 13.1. The van der Waals surface area contributed by atoms with Crippen LogP contribution in [-0.2, 0) is 6.54 Å². The first kappa shape index (κ1) is 17.1. The molecule has 3 N–H and O–H groups in total. The third-order valence-electron chi connectivity index (χ3n) is 5.94. The molecule has 3 heterocycles. The zero-order valence-electron chi connectivity index (χ0n) is 15.8. The molecule has 0 bridgehead atoms. The van der Waals surface area contributed by atoms with E-state index in [0.29, 0.717) is 35.1 Å². The molecule has 0 radical (unpaired) electrons. The summed E-state index contributed by atoms with van der Waals surface area (Å²) in [4.78, 5) is 23.3. The molecule has 8 nitrogen and oxygen atoms in total. The van der Waals surface area contributed by atoms with E-state index in [2.05, 4.69) is 22.0 Å². The number of benzene rings is 1. The van der Waals surface area contributed by atoms with E-state index >= 15 is 0 Å². The van der Waals surface area contributed by atoms with Crippen LogP contribution < -0.4 is 5.73 Å². The molecule has 3 aromatic rings. The molecule has 8 heteroatoms. The van der Waals surface area contributed by atoms with Crippen LogP contribution in [0.25, 0.3) is 16.9 Å². The van der Waals surface area contributed by atoms with Crippen molar-refractivity contribution in [1.82, 2.24) is 24.5 Å². The monoisotopic (exact) mass is 378 g/mol. The van der Waals surface area contributed by atoms with E-state index in [1.807, 2.05) is 17.0 Å². The van der Waals surface area contributed by atoms with Crippen molar-refractivity contribution in [2.45, 2.75) is 45.4 Å². The number of imidazole rings is 1. The standard InChI is InChI=1S/C20H22N6O2/c1-10(12-3-4-12)25-8-14-5-13(6-15(11(2)27)17(14)20(25)28)16-7-22-19-18(21)23-9-24-26(16)19/h5-7,9-12,27H,3-4,8H2,1-2H3,(H2,21,23,24). The summed E-state index contributed by atoms with van der Waals surface area (Å²) in [5.41, 5.74) is 10.2. The Morgan fingerprint density at radius 1 is 1.25 bits per heavy atom. The number of fused-ring (bicyclic) bond motifs is 2. The van der Waals surface area contributed by atoms with Gasteiger partial charge in [-0.05, 0) is 55.9 Å². The molecular formula is C20H22N6O2. The number of aromatic nitrogens is 4. The highest BCUT2D eigenvalue weighted by Crippen LogP contribution is 2.40. The van der Waals surface area contributed by atoms with Gasteiger partial charge >= 0.3 is 0 Å². The first-order valence-electron chi connectivity index (χ1n) is 9.56. The summed E-state index contributed by atoms with van der Waals surface area (Å²) in [5, 5.41) is 14.7. The zero-order valence-corrected chi connectivity index (χ0v) is 15.8. The van der Waals surface area contributed by atoms with Crippen LogP contribution in [0.1, 0.15) is 54.3 Å². The van der Waals surface area contributed by atoms with Gasteiger partial charge in [0, 0.05) is 18.2 Å². The summed E-state index contributed by atoms with van der Waals surface area (Å²) in [6.07, 6.45) is 4.68. The van der Waals surface area contributed by atoms with Gasteiger partial charge in [0.15, 0.2) is 11.5 Å². The topological polar surface area (TPSA) is 110 Å². The van der Waals surface area contributed by atoms with E-state index in [0.717, 1.165) is 16.8 Å². The fourth-order valence-corrected chi connectivity index (χ4v) is 4.18. The van der Waals surface area contributed by atoms with Gasteiger partial charge in [0.25, 0.3) is 5.91 Å². The van der Waals surface area contributed by atoms with Crippen LogP contribution in [0.4, 0.5) is 5.82 Å². The maximum Gasteiger partial charge on any atom is 0.255 e. The lowest BCUT2D eigenvalue weighted by Crippen LogP contribution is -2.35. The highest BCUT2D eigenvalue weighted by Gasteiger charge is 2.40. The highest BCUT2D eigenvalue weighted by molar-refractivity contribution is 6.01. The van der Waals surface area contributed by atoms with Crippen LogP contribution >= 0.6 is 0 Å². The van der Waals surface area contributed by atoms with Gasteiger partial charge in [0.05, 0.1) is 23.6 Å². The number of nitrogen functional groups attached to an aromatic ring is 1. The van der Waals surface area contributed by atoms with Crippen LogP contribution in [0, 0.1) is 5.92 Å². The fourth-order valence-electron chi connectivity index (χ4n) is 4.18. The number of nitrogens with zero attached hydrogens (tertiary/aromatic N) is 5. The van der Waals surface area contributed by atoms with Gasteiger partial charge in [-0.2, -0.15) is 5.10 Å². The van der Waals surface area contributed by atoms with E-state index in [1.165, 1.54) is 19.2 Å². The molecule has 0 saturated heterocycles.